The second kappa shape index (κ2) is 4.65. The number of hydrogen-bond acceptors (Lipinski definition) is 4. The first-order valence-corrected chi connectivity index (χ1v) is 4.61. The van der Waals surface area contributed by atoms with Crippen molar-refractivity contribution in [2.24, 2.45) is 0 Å². The third kappa shape index (κ3) is 2.85. The Balaban J connectivity index is 2.82. The van der Waals surface area contributed by atoms with Gasteiger partial charge in [-0.2, -0.15) is 0 Å². The summed E-state index contributed by atoms with van der Waals surface area (Å²) in [5, 5.41) is 11.4. The predicted molar refractivity (Wildman–Crippen MR) is 59.3 cm³/mol. The first-order valence-electron chi connectivity index (χ1n) is 4.61. The van der Waals surface area contributed by atoms with E-state index in [1.807, 2.05) is 0 Å². The number of nitrogen functional groups attached to an aromatic ring is 2. The molecule has 0 aromatic heterocycles. The van der Waals surface area contributed by atoms with Crippen LogP contribution in [0.5, 0.6) is 0 Å². The molecule has 0 saturated heterocycles. The Labute approximate surface area is 88.1 Å². The molecule has 0 aliphatic rings. The third-order valence-electron chi connectivity index (χ3n) is 1.97. The minimum absolute atomic E-state index is 0.110. The van der Waals surface area contributed by atoms with Crippen molar-refractivity contribution in [1.29, 1.82) is 0 Å². The van der Waals surface area contributed by atoms with Crippen LogP contribution in [0.1, 0.15) is 17.3 Å². The van der Waals surface area contributed by atoms with Crippen LogP contribution in [0.15, 0.2) is 18.2 Å². The Morgan fingerprint density at radius 2 is 2.20 bits per heavy atom. The molecule has 0 bridgehead atoms. The fourth-order valence-corrected chi connectivity index (χ4v) is 1.14. The minimum atomic E-state index is -0.311. The zero-order chi connectivity index (χ0) is 11.4. The lowest BCUT2D eigenvalue weighted by atomic mass is 10.1. The summed E-state index contributed by atoms with van der Waals surface area (Å²) >= 11 is 0. The molecule has 6 N–H and O–H groups in total. The maximum atomic E-state index is 11.6. The average molecular weight is 209 g/mol. The van der Waals surface area contributed by atoms with Crippen LogP contribution in [-0.2, 0) is 0 Å². The molecule has 5 nitrogen and oxygen atoms in total. The van der Waals surface area contributed by atoms with Crippen molar-refractivity contribution in [2.45, 2.75) is 13.0 Å². The van der Waals surface area contributed by atoms with Crippen LogP contribution in [-0.4, -0.2) is 23.7 Å². The fourth-order valence-electron chi connectivity index (χ4n) is 1.14. The molecule has 0 heterocycles. The van der Waals surface area contributed by atoms with Gasteiger partial charge in [-0.05, 0) is 25.1 Å². The Hall–Kier alpha value is -1.75. The first kappa shape index (κ1) is 11.3. The SMILES string of the molecule is C[C@@H](CO)NC(=O)c1ccc(N)cc1N. The number of hydrogen-bond donors (Lipinski definition) is 4. The van der Waals surface area contributed by atoms with E-state index in [2.05, 4.69) is 5.32 Å². The van der Waals surface area contributed by atoms with Gasteiger partial charge in [0.2, 0.25) is 0 Å². The Kier molecular flexibility index (Phi) is 3.51. The van der Waals surface area contributed by atoms with Gasteiger partial charge in [-0.1, -0.05) is 0 Å². The summed E-state index contributed by atoms with van der Waals surface area (Å²) in [6, 6.07) is 4.40. The van der Waals surface area contributed by atoms with Crippen LogP contribution in [0.4, 0.5) is 11.4 Å². The number of amides is 1. The van der Waals surface area contributed by atoms with Crippen molar-refractivity contribution in [3.8, 4) is 0 Å². The highest BCUT2D eigenvalue weighted by atomic mass is 16.3. The second-order valence-electron chi connectivity index (χ2n) is 3.40. The molecule has 0 spiro atoms. The van der Waals surface area contributed by atoms with Gasteiger partial charge in [0.05, 0.1) is 12.2 Å². The maximum Gasteiger partial charge on any atom is 0.253 e. The summed E-state index contributed by atoms with van der Waals surface area (Å²) < 4.78 is 0. The number of carbonyl (C=O) groups is 1. The highest BCUT2D eigenvalue weighted by Crippen LogP contribution is 2.15. The van der Waals surface area contributed by atoms with E-state index in [9.17, 15) is 4.79 Å². The van der Waals surface area contributed by atoms with Gasteiger partial charge in [-0.25, -0.2) is 0 Å². The van der Waals surface area contributed by atoms with Crippen molar-refractivity contribution in [1.82, 2.24) is 5.32 Å². The molecule has 1 amide bonds. The smallest absolute Gasteiger partial charge is 0.253 e. The monoisotopic (exact) mass is 209 g/mol. The van der Waals surface area contributed by atoms with Gasteiger partial charge in [0.1, 0.15) is 0 Å². The number of aliphatic hydroxyl groups is 1. The summed E-state index contributed by atoms with van der Waals surface area (Å²) in [4.78, 5) is 11.6. The quantitative estimate of drug-likeness (QED) is 0.525. The molecular formula is C10H15N3O2. The lowest BCUT2D eigenvalue weighted by molar-refractivity contribution is 0.0923. The van der Waals surface area contributed by atoms with E-state index in [1.54, 1.807) is 19.1 Å². The van der Waals surface area contributed by atoms with Gasteiger partial charge in [0, 0.05) is 17.4 Å². The first-order chi connectivity index (χ1) is 7.04. The van der Waals surface area contributed by atoms with Crippen molar-refractivity contribution in [3.05, 3.63) is 23.8 Å². The van der Waals surface area contributed by atoms with Crippen LogP contribution in [0.2, 0.25) is 0 Å². The largest absolute Gasteiger partial charge is 0.399 e. The number of carbonyl (C=O) groups excluding carboxylic acids is 1. The molecule has 0 aliphatic heterocycles. The molecule has 0 radical (unpaired) electrons. The van der Waals surface area contributed by atoms with Gasteiger partial charge >= 0.3 is 0 Å². The highest BCUT2D eigenvalue weighted by molar-refractivity contribution is 5.99. The van der Waals surface area contributed by atoms with Crippen LogP contribution in [0.3, 0.4) is 0 Å². The van der Waals surface area contributed by atoms with Gasteiger partial charge < -0.3 is 21.9 Å². The van der Waals surface area contributed by atoms with E-state index in [-0.39, 0.29) is 18.6 Å². The molecule has 0 saturated carbocycles. The average Bonchev–Trinajstić information content (AvgIpc) is 2.17. The Bertz CT molecular complexity index is 366. The van der Waals surface area contributed by atoms with Crippen LogP contribution < -0.4 is 16.8 Å². The zero-order valence-corrected chi connectivity index (χ0v) is 8.53. The fraction of sp³-hybridized carbons (Fsp3) is 0.300. The number of nitrogens with one attached hydrogen (secondary N) is 1. The van der Waals surface area contributed by atoms with E-state index >= 15 is 0 Å². The lowest BCUT2D eigenvalue weighted by Crippen LogP contribution is -2.35. The van der Waals surface area contributed by atoms with Crippen molar-refractivity contribution in [3.63, 3.8) is 0 Å². The van der Waals surface area contributed by atoms with E-state index in [0.717, 1.165) is 0 Å². The van der Waals surface area contributed by atoms with Crippen LogP contribution in [0.25, 0.3) is 0 Å². The number of benzene rings is 1. The second-order valence-corrected chi connectivity index (χ2v) is 3.40. The number of aliphatic hydroxyl groups excluding tert-OH is 1. The topological polar surface area (TPSA) is 101 Å². The van der Waals surface area contributed by atoms with Gasteiger partial charge in [0.15, 0.2) is 0 Å². The third-order valence-corrected chi connectivity index (χ3v) is 1.97. The molecule has 0 aliphatic carbocycles. The van der Waals surface area contributed by atoms with Crippen molar-refractivity contribution < 1.29 is 9.90 Å². The number of rotatable bonds is 3. The predicted octanol–water partition coefficient (Wildman–Crippen LogP) is -0.0384. The lowest BCUT2D eigenvalue weighted by Gasteiger charge is -2.12. The molecule has 15 heavy (non-hydrogen) atoms. The Morgan fingerprint density at radius 3 is 2.73 bits per heavy atom. The Morgan fingerprint density at radius 1 is 1.53 bits per heavy atom. The summed E-state index contributed by atoms with van der Waals surface area (Å²) in [5.74, 6) is -0.311. The molecule has 0 unspecified atom stereocenters. The zero-order valence-electron chi connectivity index (χ0n) is 8.53. The van der Waals surface area contributed by atoms with E-state index in [0.29, 0.717) is 16.9 Å². The van der Waals surface area contributed by atoms with Gasteiger partial charge in [-0.15, -0.1) is 0 Å². The van der Waals surface area contributed by atoms with Crippen molar-refractivity contribution in [2.75, 3.05) is 18.1 Å². The molecule has 1 rings (SSSR count). The molecule has 5 heteroatoms. The normalized spacial score (nSPS) is 12.1. The highest BCUT2D eigenvalue weighted by Gasteiger charge is 2.11. The van der Waals surface area contributed by atoms with Gasteiger partial charge in [-0.3, -0.25) is 4.79 Å². The molecule has 1 aromatic rings. The molecule has 0 fully saturated rings. The minimum Gasteiger partial charge on any atom is -0.399 e. The summed E-state index contributed by atoms with van der Waals surface area (Å²) in [7, 11) is 0. The number of anilines is 2. The summed E-state index contributed by atoms with van der Waals surface area (Å²) in [5.41, 5.74) is 12.3. The van der Waals surface area contributed by atoms with Crippen LogP contribution in [0, 0.1) is 0 Å². The van der Waals surface area contributed by atoms with E-state index in [4.69, 9.17) is 16.6 Å². The van der Waals surface area contributed by atoms with Gasteiger partial charge in [0.25, 0.3) is 5.91 Å². The summed E-state index contributed by atoms with van der Waals surface area (Å²) in [6.45, 7) is 1.59. The molecule has 1 aromatic carbocycles. The van der Waals surface area contributed by atoms with E-state index < -0.39 is 0 Å². The molecular weight excluding hydrogens is 194 g/mol. The van der Waals surface area contributed by atoms with Crippen molar-refractivity contribution >= 4 is 17.3 Å². The number of nitrogens with two attached hydrogens (primary N) is 2. The summed E-state index contributed by atoms with van der Waals surface area (Å²) in [6.07, 6.45) is 0. The molecule has 82 valence electrons. The van der Waals surface area contributed by atoms with Crippen LogP contribution >= 0.6 is 0 Å². The molecule has 1 atom stereocenters. The van der Waals surface area contributed by atoms with E-state index in [1.165, 1.54) is 6.07 Å². The maximum absolute atomic E-state index is 11.6. The standard InChI is InChI=1S/C10H15N3O2/c1-6(5-14)13-10(15)8-3-2-7(11)4-9(8)12/h2-4,6,14H,5,11-12H2,1H3,(H,13,15)/t6-/m0/s1.